The number of carbonyl (C=O) groups is 1. The molecule has 0 fully saturated rings. The van der Waals surface area contributed by atoms with Gasteiger partial charge >= 0.3 is 0 Å². The minimum atomic E-state index is 0.315. The van der Waals surface area contributed by atoms with Crippen molar-refractivity contribution in [2.75, 3.05) is 39.8 Å². The number of rotatable bonds is 19. The lowest BCUT2D eigenvalue weighted by atomic mass is 10.1. The first-order valence-electron chi connectivity index (χ1n) is 11.7. The maximum absolute atomic E-state index is 12.4. The molecule has 0 radical (unpaired) electrons. The summed E-state index contributed by atoms with van der Waals surface area (Å²) >= 11 is 0. The summed E-state index contributed by atoms with van der Waals surface area (Å²) in [6.07, 6.45) is 17.3. The zero-order chi connectivity index (χ0) is 20.4. The van der Waals surface area contributed by atoms with Crippen molar-refractivity contribution in [3.63, 3.8) is 0 Å². The van der Waals surface area contributed by atoms with E-state index in [1.165, 1.54) is 64.2 Å². The first kappa shape index (κ1) is 26.2. The Kier molecular flexibility index (Phi) is 16.7. The Labute approximate surface area is 170 Å². The van der Waals surface area contributed by atoms with Crippen LogP contribution in [0.4, 0.5) is 0 Å². The van der Waals surface area contributed by atoms with Crippen molar-refractivity contribution in [2.24, 2.45) is 0 Å². The van der Waals surface area contributed by atoms with Crippen molar-refractivity contribution in [2.45, 2.75) is 97.8 Å². The van der Waals surface area contributed by atoms with Crippen molar-refractivity contribution in [1.82, 2.24) is 4.90 Å². The molecule has 0 aliphatic carbocycles. The van der Waals surface area contributed by atoms with Crippen molar-refractivity contribution < 1.29 is 9.28 Å². The average Bonchev–Trinajstić information content (AvgIpc) is 2.69. The summed E-state index contributed by atoms with van der Waals surface area (Å²) in [7, 11) is 1.97. The molecule has 1 amide bonds. The Morgan fingerprint density at radius 2 is 1.33 bits per heavy atom. The van der Waals surface area contributed by atoms with Crippen LogP contribution in [0.25, 0.3) is 0 Å². The van der Waals surface area contributed by atoms with Gasteiger partial charge in [0.15, 0.2) is 0 Å². The first-order valence-corrected chi connectivity index (χ1v) is 11.7. The van der Waals surface area contributed by atoms with Gasteiger partial charge in [0.05, 0.1) is 32.7 Å². The molecule has 0 spiro atoms. The number of nitrogens with zero attached hydrogens (tertiary/aromatic N) is 2. The number of quaternary nitrogens is 1. The Balaban J connectivity index is 3.73. The van der Waals surface area contributed by atoms with Crippen LogP contribution < -0.4 is 0 Å². The van der Waals surface area contributed by atoms with Gasteiger partial charge in [0, 0.05) is 13.5 Å². The third-order valence-electron chi connectivity index (χ3n) is 6.19. The topological polar surface area (TPSA) is 20.3 Å². The number of hydrogen-bond donors (Lipinski definition) is 0. The van der Waals surface area contributed by atoms with Crippen LogP contribution in [-0.2, 0) is 4.79 Å². The Hall–Kier alpha value is -0.830. The van der Waals surface area contributed by atoms with Crippen LogP contribution in [0.2, 0.25) is 0 Å². The van der Waals surface area contributed by atoms with Crippen molar-refractivity contribution in [1.29, 1.82) is 0 Å². The molecular formula is C24H49N2O+. The smallest absolute Gasteiger partial charge is 0.222 e. The fraction of sp³-hybridized carbons (Fsp3) is 0.875. The van der Waals surface area contributed by atoms with E-state index in [1.807, 2.05) is 18.0 Å². The molecule has 3 heteroatoms. The molecule has 0 atom stereocenters. The van der Waals surface area contributed by atoms with E-state index in [1.54, 1.807) is 0 Å². The van der Waals surface area contributed by atoms with Crippen molar-refractivity contribution >= 4 is 5.91 Å². The predicted molar refractivity (Wildman–Crippen MR) is 120 cm³/mol. The first-order chi connectivity index (χ1) is 13.0. The van der Waals surface area contributed by atoms with E-state index in [0.717, 1.165) is 43.6 Å². The molecule has 0 unspecified atom stereocenters. The fourth-order valence-electron chi connectivity index (χ4n) is 3.78. The minimum Gasteiger partial charge on any atom is -0.340 e. The molecule has 0 N–H and O–H groups in total. The number of carbonyl (C=O) groups excluding carboxylic acids is 1. The number of hydrogen-bond acceptors (Lipinski definition) is 1. The maximum Gasteiger partial charge on any atom is 0.222 e. The highest BCUT2D eigenvalue weighted by atomic mass is 16.2. The number of amides is 1. The molecule has 0 saturated carbocycles. The summed E-state index contributed by atoms with van der Waals surface area (Å²) in [6.45, 7) is 15.7. The van der Waals surface area contributed by atoms with Gasteiger partial charge in [-0.05, 0) is 26.3 Å². The molecular weight excluding hydrogens is 332 g/mol. The Morgan fingerprint density at radius 3 is 1.78 bits per heavy atom. The van der Waals surface area contributed by atoms with Crippen LogP contribution in [0, 0.1) is 0 Å². The standard InChI is InChI=1S/C24H49N2O/c1-6-10-11-12-13-14-15-16-17-18-19-20-24(27)25(5)21-23-26(8-3,9-4)22-7-2/h7H,2,6,8-23H2,1,3-5H3/q+1. The minimum absolute atomic E-state index is 0.315. The molecule has 0 aromatic rings. The van der Waals surface area contributed by atoms with Crippen LogP contribution in [-0.4, -0.2) is 55.1 Å². The van der Waals surface area contributed by atoms with E-state index >= 15 is 0 Å². The maximum atomic E-state index is 12.4. The van der Waals surface area contributed by atoms with Crippen LogP contribution in [0.1, 0.15) is 97.8 Å². The molecule has 27 heavy (non-hydrogen) atoms. The average molecular weight is 382 g/mol. The Morgan fingerprint density at radius 1 is 0.852 bits per heavy atom. The molecule has 0 bridgehead atoms. The second kappa shape index (κ2) is 17.3. The number of unbranched alkanes of at least 4 members (excludes halogenated alkanes) is 10. The lowest BCUT2D eigenvalue weighted by Gasteiger charge is -2.37. The molecule has 0 aromatic heterocycles. The van der Waals surface area contributed by atoms with Crippen molar-refractivity contribution in [3.05, 3.63) is 12.7 Å². The molecule has 0 aromatic carbocycles. The third-order valence-corrected chi connectivity index (χ3v) is 6.19. The van der Waals surface area contributed by atoms with E-state index in [0.29, 0.717) is 12.3 Å². The summed E-state index contributed by atoms with van der Waals surface area (Å²) in [4.78, 5) is 14.3. The van der Waals surface area contributed by atoms with Crippen LogP contribution in [0.15, 0.2) is 12.7 Å². The molecule has 0 aliphatic rings. The Bertz CT molecular complexity index is 363. The van der Waals surface area contributed by atoms with Gasteiger partial charge in [0.1, 0.15) is 0 Å². The predicted octanol–water partition coefficient (Wildman–Crippen LogP) is 6.19. The van der Waals surface area contributed by atoms with Crippen LogP contribution in [0.5, 0.6) is 0 Å². The summed E-state index contributed by atoms with van der Waals surface area (Å²) in [5.74, 6) is 0.315. The monoisotopic (exact) mass is 381 g/mol. The highest BCUT2D eigenvalue weighted by Crippen LogP contribution is 2.12. The lowest BCUT2D eigenvalue weighted by Crippen LogP contribution is -2.51. The second-order valence-corrected chi connectivity index (χ2v) is 8.27. The number of likely N-dealkylation sites (N-methyl/N-ethyl adjacent to an activating group) is 2. The normalized spacial score (nSPS) is 11.6. The van der Waals surface area contributed by atoms with Gasteiger partial charge in [-0.3, -0.25) is 4.79 Å². The van der Waals surface area contributed by atoms with E-state index in [4.69, 9.17) is 0 Å². The molecule has 0 heterocycles. The third kappa shape index (κ3) is 13.1. The fourth-order valence-corrected chi connectivity index (χ4v) is 3.78. The van der Waals surface area contributed by atoms with E-state index in [-0.39, 0.29) is 0 Å². The molecule has 160 valence electrons. The van der Waals surface area contributed by atoms with Crippen LogP contribution >= 0.6 is 0 Å². The molecule has 3 nitrogen and oxygen atoms in total. The molecule has 0 aliphatic heterocycles. The highest BCUT2D eigenvalue weighted by Gasteiger charge is 2.22. The largest absolute Gasteiger partial charge is 0.340 e. The summed E-state index contributed by atoms with van der Waals surface area (Å²) in [6, 6.07) is 0. The summed E-state index contributed by atoms with van der Waals surface area (Å²) in [5.41, 5.74) is 0. The summed E-state index contributed by atoms with van der Waals surface area (Å²) < 4.78 is 1.03. The highest BCUT2D eigenvalue weighted by molar-refractivity contribution is 5.75. The van der Waals surface area contributed by atoms with Gasteiger partial charge in [-0.1, -0.05) is 77.7 Å². The van der Waals surface area contributed by atoms with Gasteiger partial charge in [-0.25, -0.2) is 0 Å². The van der Waals surface area contributed by atoms with Crippen molar-refractivity contribution in [3.8, 4) is 0 Å². The van der Waals surface area contributed by atoms with E-state index in [9.17, 15) is 4.79 Å². The summed E-state index contributed by atoms with van der Waals surface area (Å²) in [5, 5.41) is 0. The van der Waals surface area contributed by atoms with Crippen LogP contribution in [0.3, 0.4) is 0 Å². The molecule has 0 saturated heterocycles. The second-order valence-electron chi connectivity index (χ2n) is 8.27. The van der Waals surface area contributed by atoms with Gasteiger partial charge in [0.25, 0.3) is 0 Å². The SMILES string of the molecule is C=CC[N+](CC)(CC)CCN(C)C(=O)CCCCCCCCCCCCC. The van der Waals surface area contributed by atoms with Gasteiger partial charge < -0.3 is 9.38 Å². The van der Waals surface area contributed by atoms with E-state index in [2.05, 4.69) is 27.4 Å². The zero-order valence-electron chi connectivity index (χ0n) is 19.1. The van der Waals surface area contributed by atoms with E-state index < -0.39 is 0 Å². The van der Waals surface area contributed by atoms with Gasteiger partial charge in [-0.15, -0.1) is 0 Å². The van der Waals surface area contributed by atoms with Gasteiger partial charge in [0.2, 0.25) is 5.91 Å². The molecule has 0 rings (SSSR count). The zero-order valence-corrected chi connectivity index (χ0v) is 19.1. The lowest BCUT2D eigenvalue weighted by molar-refractivity contribution is -0.918. The van der Waals surface area contributed by atoms with Gasteiger partial charge in [-0.2, -0.15) is 0 Å². The quantitative estimate of drug-likeness (QED) is 0.148.